The lowest BCUT2D eigenvalue weighted by atomic mass is 10.2. The zero-order valence-corrected chi connectivity index (χ0v) is 10.8. The molecule has 1 N–H and O–H groups in total. The molecule has 0 saturated carbocycles. The van der Waals surface area contributed by atoms with Crippen molar-refractivity contribution in [1.82, 2.24) is 19.9 Å². The van der Waals surface area contributed by atoms with Crippen LogP contribution in [0.3, 0.4) is 0 Å². The summed E-state index contributed by atoms with van der Waals surface area (Å²) in [5, 5.41) is 16.0. The summed E-state index contributed by atoms with van der Waals surface area (Å²) in [6.45, 7) is 4.48. The number of carboxylic acid groups (broad SMARTS) is 1. The van der Waals surface area contributed by atoms with Gasteiger partial charge in [0, 0.05) is 13.1 Å². The third-order valence-corrected chi connectivity index (χ3v) is 2.76. The summed E-state index contributed by atoms with van der Waals surface area (Å²) < 4.78 is 6.68. The van der Waals surface area contributed by atoms with Gasteiger partial charge in [0.2, 0.25) is 0 Å². The van der Waals surface area contributed by atoms with Gasteiger partial charge in [-0.05, 0) is 13.8 Å². The standard InChI is InChI=1S/C11H16N4O4/c1-7-3-14(4-8(2)19-7)11(18)9-5-15(13-12-9)6-10(16)17/h5,7-8H,3-4,6H2,1-2H3,(H,16,17). The third kappa shape index (κ3) is 3.28. The number of aliphatic carboxylic acids is 1. The SMILES string of the molecule is CC1CN(C(=O)c2cn(CC(=O)O)nn2)CC(C)O1. The quantitative estimate of drug-likeness (QED) is 0.802. The molecule has 0 bridgehead atoms. The minimum absolute atomic E-state index is 0.0261. The Kier molecular flexibility index (Phi) is 3.79. The summed E-state index contributed by atoms with van der Waals surface area (Å²) in [4.78, 5) is 24.4. The summed E-state index contributed by atoms with van der Waals surface area (Å²) >= 11 is 0. The van der Waals surface area contributed by atoms with E-state index in [2.05, 4.69) is 10.3 Å². The highest BCUT2D eigenvalue weighted by molar-refractivity contribution is 5.92. The molecule has 0 aromatic carbocycles. The van der Waals surface area contributed by atoms with Crippen LogP contribution >= 0.6 is 0 Å². The van der Waals surface area contributed by atoms with Crippen molar-refractivity contribution in [2.45, 2.75) is 32.6 Å². The van der Waals surface area contributed by atoms with Crippen LogP contribution in [0.4, 0.5) is 0 Å². The lowest BCUT2D eigenvalue weighted by Gasteiger charge is -2.34. The molecule has 8 heteroatoms. The van der Waals surface area contributed by atoms with Gasteiger partial charge in [0.25, 0.3) is 5.91 Å². The van der Waals surface area contributed by atoms with Crippen molar-refractivity contribution in [2.24, 2.45) is 0 Å². The molecular formula is C11H16N4O4. The normalized spacial score (nSPS) is 23.4. The minimum Gasteiger partial charge on any atom is -0.480 e. The Labute approximate surface area is 109 Å². The van der Waals surface area contributed by atoms with Crippen molar-refractivity contribution in [1.29, 1.82) is 0 Å². The maximum Gasteiger partial charge on any atom is 0.325 e. The molecular weight excluding hydrogens is 252 g/mol. The molecule has 0 radical (unpaired) electrons. The number of ether oxygens (including phenoxy) is 1. The fourth-order valence-electron chi connectivity index (χ4n) is 2.12. The number of morpholine rings is 1. The molecule has 1 amide bonds. The summed E-state index contributed by atoms with van der Waals surface area (Å²) in [7, 11) is 0. The molecule has 2 atom stereocenters. The van der Waals surface area contributed by atoms with E-state index in [-0.39, 0.29) is 30.4 Å². The molecule has 2 rings (SSSR count). The Bertz CT molecular complexity index is 477. The lowest BCUT2D eigenvalue weighted by Crippen LogP contribution is -2.48. The van der Waals surface area contributed by atoms with Crippen LogP contribution < -0.4 is 0 Å². The molecule has 104 valence electrons. The van der Waals surface area contributed by atoms with Crippen LogP contribution in [0.2, 0.25) is 0 Å². The zero-order valence-electron chi connectivity index (χ0n) is 10.8. The lowest BCUT2D eigenvalue weighted by molar-refractivity contribution is -0.137. The fraction of sp³-hybridized carbons (Fsp3) is 0.636. The monoisotopic (exact) mass is 268 g/mol. The molecule has 2 unspecified atom stereocenters. The zero-order chi connectivity index (χ0) is 14.0. The number of carbonyl (C=O) groups excluding carboxylic acids is 1. The Morgan fingerprint density at radius 3 is 2.63 bits per heavy atom. The van der Waals surface area contributed by atoms with Gasteiger partial charge < -0.3 is 14.7 Å². The van der Waals surface area contributed by atoms with E-state index in [0.717, 1.165) is 4.68 Å². The van der Waals surface area contributed by atoms with Crippen LogP contribution in [0.15, 0.2) is 6.20 Å². The van der Waals surface area contributed by atoms with Crippen molar-refractivity contribution in [3.8, 4) is 0 Å². The van der Waals surface area contributed by atoms with Gasteiger partial charge in [0.15, 0.2) is 5.69 Å². The molecule has 1 aliphatic heterocycles. The molecule has 1 aromatic rings. The van der Waals surface area contributed by atoms with Crippen LogP contribution in [-0.2, 0) is 16.1 Å². The Morgan fingerprint density at radius 2 is 2.05 bits per heavy atom. The summed E-state index contributed by atoms with van der Waals surface area (Å²) in [5.74, 6) is -1.28. The topological polar surface area (TPSA) is 97.6 Å². The van der Waals surface area contributed by atoms with E-state index in [9.17, 15) is 9.59 Å². The molecule has 0 spiro atoms. The molecule has 1 aliphatic rings. The maximum atomic E-state index is 12.2. The fourth-order valence-corrected chi connectivity index (χ4v) is 2.12. The highest BCUT2D eigenvalue weighted by Gasteiger charge is 2.28. The van der Waals surface area contributed by atoms with E-state index >= 15 is 0 Å². The predicted molar refractivity (Wildman–Crippen MR) is 63.6 cm³/mol. The molecule has 1 saturated heterocycles. The Balaban J connectivity index is 2.06. The van der Waals surface area contributed by atoms with Crippen LogP contribution in [0.1, 0.15) is 24.3 Å². The highest BCUT2D eigenvalue weighted by atomic mass is 16.5. The van der Waals surface area contributed by atoms with Crippen molar-refractivity contribution < 1.29 is 19.4 Å². The van der Waals surface area contributed by atoms with E-state index in [0.29, 0.717) is 13.1 Å². The van der Waals surface area contributed by atoms with Crippen LogP contribution in [0.25, 0.3) is 0 Å². The van der Waals surface area contributed by atoms with Gasteiger partial charge in [-0.3, -0.25) is 9.59 Å². The van der Waals surface area contributed by atoms with Gasteiger partial charge >= 0.3 is 5.97 Å². The molecule has 19 heavy (non-hydrogen) atoms. The third-order valence-electron chi connectivity index (χ3n) is 2.76. The highest BCUT2D eigenvalue weighted by Crippen LogP contribution is 2.13. The number of nitrogens with zero attached hydrogens (tertiary/aromatic N) is 4. The number of aromatic nitrogens is 3. The average molecular weight is 268 g/mol. The van der Waals surface area contributed by atoms with Gasteiger partial charge in [-0.1, -0.05) is 5.21 Å². The van der Waals surface area contributed by atoms with Gasteiger partial charge in [-0.25, -0.2) is 4.68 Å². The first-order valence-corrected chi connectivity index (χ1v) is 6.02. The maximum absolute atomic E-state index is 12.2. The van der Waals surface area contributed by atoms with E-state index in [1.807, 2.05) is 13.8 Å². The molecule has 1 fully saturated rings. The summed E-state index contributed by atoms with van der Waals surface area (Å²) in [5.41, 5.74) is 0.155. The largest absolute Gasteiger partial charge is 0.480 e. The van der Waals surface area contributed by atoms with Crippen LogP contribution in [0.5, 0.6) is 0 Å². The Morgan fingerprint density at radius 1 is 1.42 bits per heavy atom. The predicted octanol–water partition coefficient (Wildman–Crippen LogP) is -0.388. The number of carboxylic acids is 1. The van der Waals surface area contributed by atoms with Gasteiger partial charge in [0.05, 0.1) is 18.4 Å². The molecule has 8 nitrogen and oxygen atoms in total. The van der Waals surface area contributed by atoms with Crippen molar-refractivity contribution in [3.63, 3.8) is 0 Å². The minimum atomic E-state index is -1.03. The number of rotatable bonds is 3. The van der Waals surface area contributed by atoms with Crippen molar-refractivity contribution in [3.05, 3.63) is 11.9 Å². The molecule has 2 heterocycles. The van der Waals surface area contributed by atoms with Gasteiger partial charge in [-0.15, -0.1) is 5.10 Å². The number of hydrogen-bond donors (Lipinski definition) is 1. The van der Waals surface area contributed by atoms with Crippen molar-refractivity contribution >= 4 is 11.9 Å². The van der Waals surface area contributed by atoms with Gasteiger partial charge in [-0.2, -0.15) is 0 Å². The smallest absolute Gasteiger partial charge is 0.325 e. The second-order valence-corrected chi connectivity index (χ2v) is 4.66. The first kappa shape index (κ1) is 13.5. The van der Waals surface area contributed by atoms with E-state index in [1.54, 1.807) is 4.90 Å². The number of amides is 1. The van der Waals surface area contributed by atoms with E-state index in [1.165, 1.54) is 6.20 Å². The number of carbonyl (C=O) groups is 2. The second kappa shape index (κ2) is 5.35. The molecule has 0 aliphatic carbocycles. The number of hydrogen-bond acceptors (Lipinski definition) is 5. The van der Waals surface area contributed by atoms with Crippen LogP contribution in [0, 0.1) is 0 Å². The Hall–Kier alpha value is -1.96. The average Bonchev–Trinajstić information content (AvgIpc) is 2.74. The van der Waals surface area contributed by atoms with Crippen LogP contribution in [-0.4, -0.2) is 62.2 Å². The molecule has 1 aromatic heterocycles. The summed E-state index contributed by atoms with van der Waals surface area (Å²) in [6.07, 6.45) is 1.30. The first-order valence-electron chi connectivity index (χ1n) is 6.02. The van der Waals surface area contributed by atoms with Crippen molar-refractivity contribution in [2.75, 3.05) is 13.1 Å². The van der Waals surface area contributed by atoms with Gasteiger partial charge in [0.1, 0.15) is 6.54 Å². The first-order chi connectivity index (χ1) is 8.95. The van der Waals surface area contributed by atoms with E-state index < -0.39 is 5.97 Å². The summed E-state index contributed by atoms with van der Waals surface area (Å²) in [6, 6.07) is 0. The second-order valence-electron chi connectivity index (χ2n) is 4.66. The van der Waals surface area contributed by atoms with E-state index in [4.69, 9.17) is 9.84 Å².